The topological polar surface area (TPSA) is 84.5 Å². The zero-order valence-electron chi connectivity index (χ0n) is 15.8. The van der Waals surface area contributed by atoms with Crippen LogP contribution < -0.4 is 10.6 Å². The number of carbonyl (C=O) groups excluding carboxylic acids is 3. The molecule has 0 saturated carbocycles. The van der Waals surface area contributed by atoms with Crippen molar-refractivity contribution in [1.82, 2.24) is 5.32 Å². The van der Waals surface area contributed by atoms with Gasteiger partial charge in [0.05, 0.1) is 12.2 Å². The van der Waals surface area contributed by atoms with E-state index in [9.17, 15) is 14.4 Å². The lowest BCUT2D eigenvalue weighted by Crippen LogP contribution is -2.35. The van der Waals surface area contributed by atoms with Gasteiger partial charge in [0.1, 0.15) is 4.88 Å². The summed E-state index contributed by atoms with van der Waals surface area (Å²) in [5.41, 5.74) is 1.76. The molecule has 0 radical (unpaired) electrons. The highest BCUT2D eigenvalue weighted by Crippen LogP contribution is 2.25. The maximum absolute atomic E-state index is 12.2. The summed E-state index contributed by atoms with van der Waals surface area (Å²) in [6.07, 6.45) is 2.78. The fraction of sp³-hybridized carbons (Fsp3) is 0.350. The molecule has 0 unspecified atom stereocenters. The minimum Gasteiger partial charge on any atom is -0.451 e. The summed E-state index contributed by atoms with van der Waals surface area (Å²) in [6, 6.07) is 9.00. The molecule has 1 aromatic heterocycles. The molecule has 0 aliphatic heterocycles. The first-order valence-corrected chi connectivity index (χ1v) is 10.6. The fourth-order valence-electron chi connectivity index (χ4n) is 2.49. The Bertz CT molecular complexity index is 850. The highest BCUT2D eigenvalue weighted by molar-refractivity contribution is 9.10. The van der Waals surface area contributed by atoms with Crippen molar-refractivity contribution in [3.63, 3.8) is 0 Å². The number of hydrogen-bond donors (Lipinski definition) is 2. The number of anilines is 1. The molecule has 28 heavy (non-hydrogen) atoms. The molecule has 0 bridgehead atoms. The standard InChI is InChI=1S/C20H23BrN2O4S/c1-3-7-16-13(4-2)10-17(28-16)20(26)27-12-19(25)22-11-18(24)23-15-9-6-5-8-14(15)21/h5-6,8-10H,3-4,7,11-12H2,1-2H3,(H,22,25)(H,23,24). The number of rotatable bonds is 9. The minimum atomic E-state index is -0.531. The number of esters is 1. The molecule has 2 N–H and O–H groups in total. The van der Waals surface area contributed by atoms with Crippen molar-refractivity contribution in [1.29, 1.82) is 0 Å². The van der Waals surface area contributed by atoms with Gasteiger partial charge in [-0.1, -0.05) is 32.4 Å². The van der Waals surface area contributed by atoms with Gasteiger partial charge in [0, 0.05) is 9.35 Å². The molecule has 2 amide bonds. The third kappa shape index (κ3) is 6.45. The van der Waals surface area contributed by atoms with Crippen molar-refractivity contribution in [2.24, 2.45) is 0 Å². The Balaban J connectivity index is 1.78. The van der Waals surface area contributed by atoms with Crippen LogP contribution in [0.5, 0.6) is 0 Å². The number of ether oxygens (including phenoxy) is 1. The lowest BCUT2D eigenvalue weighted by molar-refractivity contribution is -0.126. The predicted octanol–water partition coefficient (Wildman–Crippen LogP) is 3.94. The number of halogens is 1. The third-order valence-corrected chi connectivity index (χ3v) is 5.79. The molecular formula is C20H23BrN2O4S. The molecule has 8 heteroatoms. The molecular weight excluding hydrogens is 444 g/mol. The summed E-state index contributed by atoms with van der Waals surface area (Å²) in [5.74, 6) is -1.42. The Kier molecular flexibility index (Phi) is 8.66. The molecule has 0 atom stereocenters. The monoisotopic (exact) mass is 466 g/mol. The molecule has 2 rings (SSSR count). The second-order valence-corrected chi connectivity index (χ2v) is 8.03. The minimum absolute atomic E-state index is 0.211. The smallest absolute Gasteiger partial charge is 0.348 e. The highest BCUT2D eigenvalue weighted by atomic mass is 79.9. The molecule has 0 spiro atoms. The van der Waals surface area contributed by atoms with E-state index in [0.29, 0.717) is 10.6 Å². The van der Waals surface area contributed by atoms with Crippen LogP contribution in [-0.2, 0) is 27.2 Å². The van der Waals surface area contributed by atoms with E-state index in [1.54, 1.807) is 18.2 Å². The highest BCUT2D eigenvalue weighted by Gasteiger charge is 2.16. The van der Waals surface area contributed by atoms with Crippen molar-refractivity contribution < 1.29 is 19.1 Å². The second-order valence-electron chi connectivity index (χ2n) is 6.04. The van der Waals surface area contributed by atoms with Gasteiger partial charge in [-0.15, -0.1) is 11.3 Å². The number of thiophene rings is 1. The van der Waals surface area contributed by atoms with Gasteiger partial charge in [0.25, 0.3) is 5.91 Å². The average Bonchev–Trinajstić information content (AvgIpc) is 3.09. The number of aryl methyl sites for hydroxylation is 2. The van der Waals surface area contributed by atoms with Gasteiger partial charge >= 0.3 is 5.97 Å². The summed E-state index contributed by atoms with van der Waals surface area (Å²) in [6.45, 7) is 3.50. The Hall–Kier alpha value is -2.19. The zero-order valence-corrected chi connectivity index (χ0v) is 18.2. The molecule has 150 valence electrons. The number of carbonyl (C=O) groups is 3. The Morgan fingerprint density at radius 2 is 1.89 bits per heavy atom. The van der Waals surface area contributed by atoms with E-state index in [1.165, 1.54) is 16.2 Å². The zero-order chi connectivity index (χ0) is 20.5. The SMILES string of the molecule is CCCc1sc(C(=O)OCC(=O)NCC(=O)Nc2ccccc2Br)cc1CC. The predicted molar refractivity (Wildman–Crippen MR) is 114 cm³/mol. The molecule has 2 aromatic rings. The van der Waals surface area contributed by atoms with E-state index in [4.69, 9.17) is 4.74 Å². The molecule has 6 nitrogen and oxygen atoms in total. The first-order valence-electron chi connectivity index (χ1n) is 9.04. The molecule has 0 fully saturated rings. The Morgan fingerprint density at radius 3 is 2.57 bits per heavy atom. The summed E-state index contributed by atoms with van der Waals surface area (Å²) in [7, 11) is 0. The summed E-state index contributed by atoms with van der Waals surface area (Å²) in [4.78, 5) is 37.6. The normalized spacial score (nSPS) is 10.4. The van der Waals surface area contributed by atoms with Crippen LogP contribution in [0, 0.1) is 0 Å². The van der Waals surface area contributed by atoms with Gasteiger partial charge in [0.15, 0.2) is 6.61 Å². The van der Waals surface area contributed by atoms with Gasteiger partial charge in [-0.05, 0) is 52.5 Å². The average molecular weight is 467 g/mol. The van der Waals surface area contributed by atoms with Crippen LogP contribution >= 0.6 is 27.3 Å². The summed E-state index contributed by atoms with van der Waals surface area (Å²) in [5, 5.41) is 5.11. The van der Waals surface area contributed by atoms with Gasteiger partial charge in [-0.3, -0.25) is 9.59 Å². The van der Waals surface area contributed by atoms with Gasteiger partial charge in [-0.2, -0.15) is 0 Å². The fourth-order valence-corrected chi connectivity index (χ4v) is 4.13. The summed E-state index contributed by atoms with van der Waals surface area (Å²) >= 11 is 4.75. The maximum atomic E-state index is 12.2. The van der Waals surface area contributed by atoms with E-state index in [2.05, 4.69) is 33.5 Å². The molecule has 0 aliphatic rings. The molecule has 1 heterocycles. The quantitative estimate of drug-likeness (QED) is 0.548. The van der Waals surface area contributed by atoms with Crippen LogP contribution in [0.1, 0.15) is 40.4 Å². The molecule has 0 saturated heterocycles. The van der Waals surface area contributed by atoms with E-state index in [-0.39, 0.29) is 12.5 Å². The van der Waals surface area contributed by atoms with Gasteiger partial charge in [0.2, 0.25) is 5.91 Å². The van der Waals surface area contributed by atoms with Crippen LogP contribution in [0.2, 0.25) is 0 Å². The molecule has 0 aliphatic carbocycles. The largest absolute Gasteiger partial charge is 0.451 e. The van der Waals surface area contributed by atoms with Gasteiger partial charge in [-0.25, -0.2) is 4.79 Å². The van der Waals surface area contributed by atoms with Crippen LogP contribution in [0.3, 0.4) is 0 Å². The maximum Gasteiger partial charge on any atom is 0.348 e. The lowest BCUT2D eigenvalue weighted by atomic mass is 10.1. The number of benzene rings is 1. The number of para-hydroxylation sites is 1. The van der Waals surface area contributed by atoms with E-state index in [0.717, 1.165) is 29.3 Å². The number of hydrogen-bond acceptors (Lipinski definition) is 5. The van der Waals surface area contributed by atoms with E-state index in [1.807, 2.05) is 19.1 Å². The first kappa shape index (κ1) is 22.1. The Labute approximate surface area is 176 Å². The van der Waals surface area contributed by atoms with Crippen molar-refractivity contribution in [2.75, 3.05) is 18.5 Å². The van der Waals surface area contributed by atoms with Crippen molar-refractivity contribution in [2.45, 2.75) is 33.1 Å². The van der Waals surface area contributed by atoms with Crippen molar-refractivity contribution >= 4 is 50.7 Å². The van der Waals surface area contributed by atoms with Crippen molar-refractivity contribution in [3.8, 4) is 0 Å². The van der Waals surface area contributed by atoms with Crippen molar-refractivity contribution in [3.05, 3.63) is 50.1 Å². The first-order chi connectivity index (χ1) is 13.4. The summed E-state index contributed by atoms with van der Waals surface area (Å²) < 4.78 is 5.81. The van der Waals surface area contributed by atoms with E-state index < -0.39 is 18.5 Å². The Morgan fingerprint density at radius 1 is 1.14 bits per heavy atom. The molecule has 1 aromatic carbocycles. The van der Waals surface area contributed by atoms with Gasteiger partial charge < -0.3 is 15.4 Å². The number of nitrogens with one attached hydrogen (secondary N) is 2. The second kappa shape index (κ2) is 11.0. The number of amides is 2. The van der Waals surface area contributed by atoms with Crippen LogP contribution in [-0.4, -0.2) is 30.9 Å². The van der Waals surface area contributed by atoms with E-state index >= 15 is 0 Å². The van der Waals surface area contributed by atoms with Crippen LogP contribution in [0.25, 0.3) is 0 Å². The lowest BCUT2D eigenvalue weighted by Gasteiger charge is -2.08. The third-order valence-electron chi connectivity index (χ3n) is 3.88. The van der Waals surface area contributed by atoms with Crippen LogP contribution in [0.4, 0.5) is 5.69 Å². The van der Waals surface area contributed by atoms with Crippen LogP contribution in [0.15, 0.2) is 34.8 Å².